The molecule has 0 unspecified atom stereocenters. The lowest BCUT2D eigenvalue weighted by Gasteiger charge is -2.10. The van der Waals surface area contributed by atoms with E-state index in [1.165, 1.54) is 0 Å². The fraction of sp³-hybridized carbons (Fsp3) is 0.182. The number of anilines is 1. The van der Waals surface area contributed by atoms with Crippen molar-refractivity contribution in [1.82, 2.24) is 19.5 Å². The maximum Gasteiger partial charge on any atom is 0.225 e. The minimum absolute atomic E-state index is 0.121. The minimum Gasteiger partial charge on any atom is -0.461 e. The topological polar surface area (TPSA) is 85.8 Å². The van der Waals surface area contributed by atoms with Crippen LogP contribution in [-0.2, 0) is 11.2 Å². The Balaban J connectivity index is 1.60. The number of amides is 1. The van der Waals surface area contributed by atoms with Crippen molar-refractivity contribution in [3.63, 3.8) is 0 Å². The van der Waals surface area contributed by atoms with Crippen molar-refractivity contribution in [1.29, 1.82) is 0 Å². The molecule has 0 fully saturated rings. The van der Waals surface area contributed by atoms with Gasteiger partial charge in [0.05, 0.1) is 6.26 Å². The summed E-state index contributed by atoms with van der Waals surface area (Å²) in [5, 5.41) is 2.89. The minimum atomic E-state index is -0.121. The largest absolute Gasteiger partial charge is 0.461 e. The third-order valence-corrected chi connectivity index (χ3v) is 4.48. The van der Waals surface area contributed by atoms with Gasteiger partial charge in [0, 0.05) is 36.8 Å². The molecule has 4 aromatic heterocycles. The number of carbonyl (C=O) groups is 1. The Kier molecular flexibility index (Phi) is 5.20. The Labute approximate surface area is 168 Å². The second kappa shape index (κ2) is 8.10. The fourth-order valence-electron chi connectivity index (χ4n) is 3.14. The molecule has 0 saturated heterocycles. The van der Waals surface area contributed by atoms with Gasteiger partial charge in [-0.25, -0.2) is 9.97 Å². The van der Waals surface area contributed by atoms with Crippen molar-refractivity contribution >= 4 is 11.7 Å². The standard InChI is InChI=1S/C22H21N5O2/c1-15-11-16(2)27(14-15)20-12-19(25-22(26-20)18-6-4-10-29-18)24-21(28)8-7-17-5-3-9-23-13-17/h3-6,9-14H,7-8H2,1-2H3,(H,24,25,26,28). The van der Waals surface area contributed by atoms with E-state index in [2.05, 4.69) is 26.3 Å². The third kappa shape index (κ3) is 4.40. The highest BCUT2D eigenvalue weighted by molar-refractivity contribution is 5.90. The Morgan fingerprint density at radius 1 is 1.17 bits per heavy atom. The Hall–Kier alpha value is -3.74. The van der Waals surface area contributed by atoms with Crippen molar-refractivity contribution in [2.24, 2.45) is 0 Å². The van der Waals surface area contributed by atoms with Gasteiger partial charge in [-0.2, -0.15) is 0 Å². The first kappa shape index (κ1) is 18.6. The molecule has 0 aliphatic carbocycles. The molecule has 4 heterocycles. The van der Waals surface area contributed by atoms with Gasteiger partial charge in [-0.1, -0.05) is 6.07 Å². The van der Waals surface area contributed by atoms with Gasteiger partial charge in [-0.05, 0) is 55.7 Å². The highest BCUT2D eigenvalue weighted by Gasteiger charge is 2.14. The Morgan fingerprint density at radius 2 is 2.07 bits per heavy atom. The summed E-state index contributed by atoms with van der Waals surface area (Å²) in [7, 11) is 0. The van der Waals surface area contributed by atoms with Crippen molar-refractivity contribution in [2.75, 3.05) is 5.32 Å². The quantitative estimate of drug-likeness (QED) is 0.538. The zero-order valence-corrected chi connectivity index (χ0v) is 16.3. The zero-order valence-electron chi connectivity index (χ0n) is 16.3. The highest BCUT2D eigenvalue weighted by atomic mass is 16.3. The first-order valence-electron chi connectivity index (χ1n) is 9.36. The molecule has 1 amide bonds. The van der Waals surface area contributed by atoms with Crippen molar-refractivity contribution in [3.8, 4) is 17.4 Å². The lowest BCUT2D eigenvalue weighted by atomic mass is 10.1. The average molecular weight is 387 g/mol. The molecule has 0 aliphatic rings. The number of nitrogens with zero attached hydrogens (tertiary/aromatic N) is 4. The number of nitrogens with one attached hydrogen (secondary N) is 1. The maximum absolute atomic E-state index is 12.5. The highest BCUT2D eigenvalue weighted by Crippen LogP contribution is 2.22. The number of rotatable bonds is 6. The molecular weight excluding hydrogens is 366 g/mol. The molecule has 29 heavy (non-hydrogen) atoms. The summed E-state index contributed by atoms with van der Waals surface area (Å²) in [6.07, 6.45) is 8.00. The fourth-order valence-corrected chi connectivity index (χ4v) is 3.14. The number of hydrogen-bond acceptors (Lipinski definition) is 5. The van der Waals surface area contributed by atoms with Crippen LogP contribution in [0.3, 0.4) is 0 Å². The van der Waals surface area contributed by atoms with E-state index in [1.807, 2.05) is 36.7 Å². The normalized spacial score (nSPS) is 10.8. The molecule has 7 nitrogen and oxygen atoms in total. The van der Waals surface area contributed by atoms with Crippen LogP contribution in [0.2, 0.25) is 0 Å². The summed E-state index contributed by atoms with van der Waals surface area (Å²) in [5.41, 5.74) is 3.18. The molecule has 0 aromatic carbocycles. The number of furan rings is 1. The summed E-state index contributed by atoms with van der Waals surface area (Å²) >= 11 is 0. The molecule has 0 radical (unpaired) electrons. The van der Waals surface area contributed by atoms with Crippen LogP contribution in [0.15, 0.2) is 65.7 Å². The SMILES string of the molecule is Cc1cc(C)n(-c2cc(NC(=O)CCc3cccnc3)nc(-c3ccco3)n2)c1. The van der Waals surface area contributed by atoms with Crippen LogP contribution < -0.4 is 5.32 Å². The molecule has 4 aromatic rings. The molecule has 146 valence electrons. The van der Waals surface area contributed by atoms with Crippen molar-refractivity contribution in [2.45, 2.75) is 26.7 Å². The van der Waals surface area contributed by atoms with Crippen LogP contribution in [0, 0.1) is 13.8 Å². The van der Waals surface area contributed by atoms with Crippen LogP contribution in [0.1, 0.15) is 23.2 Å². The van der Waals surface area contributed by atoms with Gasteiger partial charge in [0.2, 0.25) is 5.91 Å². The van der Waals surface area contributed by atoms with Gasteiger partial charge in [0.1, 0.15) is 11.6 Å². The smallest absolute Gasteiger partial charge is 0.225 e. The molecule has 0 bridgehead atoms. The van der Waals surface area contributed by atoms with Gasteiger partial charge in [0.15, 0.2) is 11.6 Å². The van der Waals surface area contributed by atoms with Gasteiger partial charge in [-0.3, -0.25) is 9.78 Å². The van der Waals surface area contributed by atoms with Crippen LogP contribution in [0.5, 0.6) is 0 Å². The average Bonchev–Trinajstić information content (AvgIpc) is 3.36. The lowest BCUT2D eigenvalue weighted by molar-refractivity contribution is -0.116. The van der Waals surface area contributed by atoms with Crippen molar-refractivity contribution < 1.29 is 9.21 Å². The van der Waals surface area contributed by atoms with Crippen LogP contribution >= 0.6 is 0 Å². The summed E-state index contributed by atoms with van der Waals surface area (Å²) in [4.78, 5) is 25.6. The number of aromatic nitrogens is 4. The Morgan fingerprint density at radius 3 is 2.76 bits per heavy atom. The van der Waals surface area contributed by atoms with E-state index in [-0.39, 0.29) is 5.91 Å². The van der Waals surface area contributed by atoms with Crippen LogP contribution in [0.25, 0.3) is 17.4 Å². The first-order chi connectivity index (χ1) is 14.1. The summed E-state index contributed by atoms with van der Waals surface area (Å²) in [6.45, 7) is 4.03. The predicted octanol–water partition coefficient (Wildman–Crippen LogP) is 4.11. The van der Waals surface area contributed by atoms with Gasteiger partial charge < -0.3 is 14.3 Å². The van der Waals surface area contributed by atoms with E-state index in [0.29, 0.717) is 36.1 Å². The van der Waals surface area contributed by atoms with Gasteiger partial charge in [0.25, 0.3) is 0 Å². The number of carbonyl (C=O) groups excluding carboxylic acids is 1. The van der Waals surface area contributed by atoms with E-state index in [9.17, 15) is 4.79 Å². The van der Waals surface area contributed by atoms with E-state index in [1.54, 1.807) is 36.9 Å². The van der Waals surface area contributed by atoms with E-state index in [4.69, 9.17) is 4.42 Å². The van der Waals surface area contributed by atoms with Crippen LogP contribution in [-0.4, -0.2) is 25.4 Å². The predicted molar refractivity (Wildman–Crippen MR) is 110 cm³/mol. The number of pyridine rings is 1. The molecule has 0 atom stereocenters. The molecule has 0 aliphatic heterocycles. The lowest BCUT2D eigenvalue weighted by Crippen LogP contribution is -2.15. The molecule has 1 N–H and O–H groups in total. The number of hydrogen-bond donors (Lipinski definition) is 1. The molecule has 7 heteroatoms. The molecule has 0 spiro atoms. The van der Waals surface area contributed by atoms with Gasteiger partial charge >= 0.3 is 0 Å². The Bertz CT molecular complexity index is 1120. The van der Waals surface area contributed by atoms with E-state index < -0.39 is 0 Å². The molecule has 0 saturated carbocycles. The summed E-state index contributed by atoms with van der Waals surface area (Å²) in [6, 6.07) is 11.2. The second-order valence-corrected chi connectivity index (χ2v) is 6.85. The monoisotopic (exact) mass is 387 g/mol. The molecular formula is C22H21N5O2. The summed E-state index contributed by atoms with van der Waals surface area (Å²) < 4.78 is 7.42. The zero-order chi connectivity index (χ0) is 20.2. The van der Waals surface area contributed by atoms with Crippen molar-refractivity contribution in [3.05, 3.63) is 78.1 Å². The van der Waals surface area contributed by atoms with Crippen LogP contribution in [0.4, 0.5) is 5.82 Å². The maximum atomic E-state index is 12.5. The third-order valence-electron chi connectivity index (χ3n) is 4.48. The van der Waals surface area contributed by atoms with Gasteiger partial charge in [-0.15, -0.1) is 0 Å². The van der Waals surface area contributed by atoms with E-state index >= 15 is 0 Å². The first-order valence-corrected chi connectivity index (χ1v) is 9.36. The number of aryl methyl sites for hydroxylation is 3. The second-order valence-electron chi connectivity index (χ2n) is 6.85. The summed E-state index contributed by atoms with van der Waals surface area (Å²) in [5.74, 6) is 1.94. The van der Waals surface area contributed by atoms with E-state index in [0.717, 1.165) is 16.8 Å². The molecule has 4 rings (SSSR count).